The third kappa shape index (κ3) is 5.31. The number of likely N-dealkylation sites (tertiary alicyclic amines) is 1. The lowest BCUT2D eigenvalue weighted by atomic mass is 10.1. The molecule has 1 fully saturated rings. The zero-order valence-corrected chi connectivity index (χ0v) is 15.3. The molecule has 5 heteroatoms. The van der Waals surface area contributed by atoms with Crippen molar-refractivity contribution < 1.29 is 4.79 Å². The highest BCUT2D eigenvalue weighted by molar-refractivity contribution is 7.99. The molecule has 1 N–H and O–H groups in total. The average Bonchev–Trinajstić information content (AvgIpc) is 3.17. The summed E-state index contributed by atoms with van der Waals surface area (Å²) in [4.78, 5) is 20.5. The highest BCUT2D eigenvalue weighted by atomic mass is 32.2. The molecule has 25 heavy (non-hydrogen) atoms. The van der Waals surface area contributed by atoms with Crippen LogP contribution in [0.3, 0.4) is 0 Å². The number of rotatable bonds is 8. The van der Waals surface area contributed by atoms with Gasteiger partial charge < -0.3 is 5.32 Å². The Bertz CT molecular complexity index is 645. The lowest BCUT2D eigenvalue weighted by Crippen LogP contribution is -2.39. The van der Waals surface area contributed by atoms with E-state index in [4.69, 9.17) is 0 Å². The van der Waals surface area contributed by atoms with E-state index in [1.165, 1.54) is 4.90 Å². The van der Waals surface area contributed by atoms with Crippen molar-refractivity contribution >= 4 is 17.7 Å². The molecule has 0 bridgehead atoms. The molecule has 2 aromatic rings. The SMILES string of the molecule is O=C(NCCCSc1ccccc1)C(c1cccnc1)N1CCCC1. The maximum atomic E-state index is 12.8. The number of carbonyl (C=O) groups excluding carboxylic acids is 1. The van der Waals surface area contributed by atoms with Crippen molar-refractivity contribution in [3.8, 4) is 0 Å². The van der Waals surface area contributed by atoms with Crippen LogP contribution < -0.4 is 5.32 Å². The predicted molar refractivity (Wildman–Crippen MR) is 103 cm³/mol. The molecule has 132 valence electrons. The number of carbonyl (C=O) groups is 1. The molecule has 3 rings (SSSR count). The highest BCUT2D eigenvalue weighted by Gasteiger charge is 2.29. The molecule has 1 amide bonds. The second kappa shape index (κ2) is 9.59. The molecule has 0 saturated carbocycles. The Morgan fingerprint density at radius 1 is 1.16 bits per heavy atom. The number of hydrogen-bond donors (Lipinski definition) is 1. The van der Waals surface area contributed by atoms with Gasteiger partial charge in [-0.15, -0.1) is 11.8 Å². The number of pyridine rings is 1. The zero-order valence-electron chi connectivity index (χ0n) is 14.4. The second-order valence-corrected chi connectivity index (χ2v) is 7.41. The number of nitrogens with one attached hydrogen (secondary N) is 1. The van der Waals surface area contributed by atoms with Gasteiger partial charge in [-0.2, -0.15) is 0 Å². The molecule has 2 heterocycles. The van der Waals surface area contributed by atoms with Crippen LogP contribution in [0.4, 0.5) is 0 Å². The van der Waals surface area contributed by atoms with E-state index in [1.54, 1.807) is 6.20 Å². The number of amides is 1. The summed E-state index contributed by atoms with van der Waals surface area (Å²) in [6, 6.07) is 14.1. The highest BCUT2D eigenvalue weighted by Crippen LogP contribution is 2.25. The Kier molecular flexibility index (Phi) is 6.89. The van der Waals surface area contributed by atoms with E-state index in [1.807, 2.05) is 36.2 Å². The van der Waals surface area contributed by atoms with Gasteiger partial charge in [0.15, 0.2) is 0 Å². The quantitative estimate of drug-likeness (QED) is 0.581. The minimum Gasteiger partial charge on any atom is -0.354 e. The summed E-state index contributed by atoms with van der Waals surface area (Å²) >= 11 is 1.83. The van der Waals surface area contributed by atoms with Crippen molar-refractivity contribution in [3.05, 3.63) is 60.4 Å². The van der Waals surface area contributed by atoms with E-state index in [0.29, 0.717) is 6.54 Å². The lowest BCUT2D eigenvalue weighted by Gasteiger charge is -2.26. The maximum Gasteiger partial charge on any atom is 0.242 e. The number of aromatic nitrogens is 1. The van der Waals surface area contributed by atoms with Crippen LogP contribution >= 0.6 is 11.8 Å². The molecular formula is C20H25N3OS. The summed E-state index contributed by atoms with van der Waals surface area (Å²) in [5.74, 6) is 1.10. The van der Waals surface area contributed by atoms with Gasteiger partial charge in [-0.05, 0) is 61.9 Å². The molecule has 1 aliphatic heterocycles. The van der Waals surface area contributed by atoms with E-state index in [2.05, 4.69) is 39.5 Å². The van der Waals surface area contributed by atoms with Crippen LogP contribution in [-0.2, 0) is 4.79 Å². The number of nitrogens with zero attached hydrogens (tertiary/aromatic N) is 2. The van der Waals surface area contributed by atoms with E-state index in [9.17, 15) is 4.79 Å². The lowest BCUT2D eigenvalue weighted by molar-refractivity contribution is -0.126. The number of benzene rings is 1. The van der Waals surface area contributed by atoms with Gasteiger partial charge in [0.2, 0.25) is 5.91 Å². The first kappa shape index (κ1) is 18.0. The Labute approximate surface area is 154 Å². The Hall–Kier alpha value is -1.85. The van der Waals surface area contributed by atoms with E-state index >= 15 is 0 Å². The van der Waals surface area contributed by atoms with E-state index in [0.717, 1.165) is 43.7 Å². The molecule has 1 aromatic carbocycles. The van der Waals surface area contributed by atoms with Crippen molar-refractivity contribution in [2.45, 2.75) is 30.2 Å². The van der Waals surface area contributed by atoms with Gasteiger partial charge in [0, 0.05) is 23.8 Å². The third-order valence-corrected chi connectivity index (χ3v) is 5.48. The summed E-state index contributed by atoms with van der Waals surface area (Å²) in [6.45, 7) is 2.68. The first-order valence-corrected chi connectivity index (χ1v) is 9.93. The van der Waals surface area contributed by atoms with Crippen molar-refractivity contribution in [1.29, 1.82) is 0 Å². The molecular weight excluding hydrogens is 330 g/mol. The van der Waals surface area contributed by atoms with Gasteiger partial charge in [0.05, 0.1) is 0 Å². The Balaban J connectivity index is 1.49. The summed E-state index contributed by atoms with van der Waals surface area (Å²) in [7, 11) is 0. The van der Waals surface area contributed by atoms with E-state index < -0.39 is 0 Å². The van der Waals surface area contributed by atoms with Gasteiger partial charge in [0.25, 0.3) is 0 Å². The zero-order chi connectivity index (χ0) is 17.3. The number of thioether (sulfide) groups is 1. The monoisotopic (exact) mass is 355 g/mol. The van der Waals surface area contributed by atoms with Crippen molar-refractivity contribution in [2.75, 3.05) is 25.4 Å². The third-order valence-electron chi connectivity index (χ3n) is 4.39. The van der Waals surface area contributed by atoms with Gasteiger partial charge in [-0.3, -0.25) is 14.7 Å². The molecule has 1 atom stereocenters. The van der Waals surface area contributed by atoms with Crippen LogP contribution in [0, 0.1) is 0 Å². The standard InChI is InChI=1S/C20H25N3OS/c24-20(22-12-7-15-25-18-9-2-1-3-10-18)19(23-13-4-5-14-23)17-8-6-11-21-16-17/h1-3,6,8-11,16,19H,4-5,7,12-15H2,(H,22,24). The first-order valence-electron chi connectivity index (χ1n) is 8.94. The smallest absolute Gasteiger partial charge is 0.242 e. The van der Waals surface area contributed by atoms with Crippen molar-refractivity contribution in [2.24, 2.45) is 0 Å². The van der Waals surface area contributed by atoms with Gasteiger partial charge in [0.1, 0.15) is 6.04 Å². The normalized spacial score (nSPS) is 15.8. The predicted octanol–water partition coefficient (Wildman–Crippen LogP) is 3.52. The van der Waals surface area contributed by atoms with Gasteiger partial charge in [-0.1, -0.05) is 24.3 Å². The van der Waals surface area contributed by atoms with Crippen LogP contribution in [0.15, 0.2) is 59.8 Å². The molecule has 0 spiro atoms. The van der Waals surface area contributed by atoms with Crippen LogP contribution in [0.5, 0.6) is 0 Å². The van der Waals surface area contributed by atoms with Crippen LogP contribution in [0.1, 0.15) is 30.9 Å². The Morgan fingerprint density at radius 3 is 2.68 bits per heavy atom. The van der Waals surface area contributed by atoms with Crippen molar-refractivity contribution in [1.82, 2.24) is 15.2 Å². The summed E-state index contributed by atoms with van der Waals surface area (Å²) in [5.41, 5.74) is 0.987. The largest absolute Gasteiger partial charge is 0.354 e. The molecule has 1 unspecified atom stereocenters. The second-order valence-electron chi connectivity index (χ2n) is 6.24. The molecule has 0 aliphatic carbocycles. The maximum absolute atomic E-state index is 12.8. The fraction of sp³-hybridized carbons (Fsp3) is 0.400. The fourth-order valence-corrected chi connectivity index (χ4v) is 4.03. The van der Waals surface area contributed by atoms with Crippen LogP contribution in [0.25, 0.3) is 0 Å². The van der Waals surface area contributed by atoms with Crippen molar-refractivity contribution in [3.63, 3.8) is 0 Å². The molecule has 1 aliphatic rings. The summed E-state index contributed by atoms with van der Waals surface area (Å²) < 4.78 is 0. The molecule has 4 nitrogen and oxygen atoms in total. The van der Waals surface area contributed by atoms with Gasteiger partial charge in [-0.25, -0.2) is 0 Å². The fourth-order valence-electron chi connectivity index (χ4n) is 3.15. The first-order chi connectivity index (χ1) is 12.3. The molecule has 1 saturated heterocycles. The van der Waals surface area contributed by atoms with Gasteiger partial charge >= 0.3 is 0 Å². The average molecular weight is 356 g/mol. The van der Waals surface area contributed by atoms with E-state index in [-0.39, 0.29) is 11.9 Å². The summed E-state index contributed by atoms with van der Waals surface area (Å²) in [6.07, 6.45) is 6.86. The number of hydrogen-bond acceptors (Lipinski definition) is 4. The minimum atomic E-state index is -0.210. The Morgan fingerprint density at radius 2 is 1.96 bits per heavy atom. The minimum absolute atomic E-state index is 0.0969. The molecule has 0 radical (unpaired) electrons. The summed E-state index contributed by atoms with van der Waals surface area (Å²) in [5, 5.41) is 3.12. The molecule has 1 aromatic heterocycles. The topological polar surface area (TPSA) is 45.2 Å². The van der Waals surface area contributed by atoms with Crippen LogP contribution in [-0.4, -0.2) is 41.2 Å². The van der Waals surface area contributed by atoms with Crippen LogP contribution in [0.2, 0.25) is 0 Å².